The summed E-state index contributed by atoms with van der Waals surface area (Å²) in [6.45, 7) is -1.63. The lowest BCUT2D eigenvalue weighted by atomic mass is 10.3. The van der Waals surface area contributed by atoms with E-state index in [1.807, 2.05) is 0 Å². The number of carbonyl (C=O) groups is 4. The number of urea groups is 1. The van der Waals surface area contributed by atoms with Crippen molar-refractivity contribution in [2.45, 2.75) is 6.10 Å². The van der Waals surface area contributed by atoms with Crippen LogP contribution in [0.2, 0.25) is 0 Å². The Balaban J connectivity index is 4.58. The molecule has 114 valence electrons. The van der Waals surface area contributed by atoms with Crippen LogP contribution in [0.1, 0.15) is 0 Å². The zero-order valence-corrected chi connectivity index (χ0v) is 11.0. The molecular formula is C10H16N2O8. The minimum Gasteiger partial charge on any atom is -0.479 e. The quantitative estimate of drug-likeness (QED) is 0.448. The van der Waals surface area contributed by atoms with Gasteiger partial charge in [0.25, 0.3) is 0 Å². The molecule has 10 heteroatoms. The van der Waals surface area contributed by atoms with Crippen LogP contribution in [0.15, 0.2) is 0 Å². The largest absolute Gasteiger partial charge is 0.479 e. The average Bonchev–Trinajstić information content (AvgIpc) is 2.42. The van der Waals surface area contributed by atoms with Crippen molar-refractivity contribution < 1.29 is 38.9 Å². The summed E-state index contributed by atoms with van der Waals surface area (Å²) in [7, 11) is 2.20. The molecule has 0 fully saturated rings. The lowest BCUT2D eigenvalue weighted by molar-refractivity contribution is -0.147. The van der Waals surface area contributed by atoms with Crippen molar-refractivity contribution in [3.63, 3.8) is 0 Å². The highest BCUT2D eigenvalue weighted by atomic mass is 16.5. The SMILES string of the molecule is COC(=O)CN(CC(=O)OC)C(=O)NCC(O)C(=O)O. The zero-order valence-electron chi connectivity index (χ0n) is 11.0. The van der Waals surface area contributed by atoms with E-state index in [4.69, 9.17) is 10.2 Å². The number of aliphatic hydroxyl groups is 1. The van der Waals surface area contributed by atoms with Crippen molar-refractivity contribution in [1.82, 2.24) is 10.2 Å². The van der Waals surface area contributed by atoms with Gasteiger partial charge in [-0.05, 0) is 0 Å². The van der Waals surface area contributed by atoms with Crippen LogP contribution >= 0.6 is 0 Å². The van der Waals surface area contributed by atoms with E-state index >= 15 is 0 Å². The number of hydrogen-bond acceptors (Lipinski definition) is 7. The Labute approximate surface area is 114 Å². The molecule has 20 heavy (non-hydrogen) atoms. The number of methoxy groups -OCH3 is 2. The van der Waals surface area contributed by atoms with Crippen molar-refractivity contribution in [3.05, 3.63) is 0 Å². The second-order valence-electron chi connectivity index (χ2n) is 3.55. The first kappa shape index (κ1) is 17.6. The predicted octanol–water partition coefficient (Wildman–Crippen LogP) is -2.21. The van der Waals surface area contributed by atoms with Gasteiger partial charge in [0.1, 0.15) is 13.1 Å². The Hall–Kier alpha value is -2.36. The van der Waals surface area contributed by atoms with E-state index in [0.29, 0.717) is 0 Å². The van der Waals surface area contributed by atoms with Gasteiger partial charge in [0.15, 0.2) is 6.10 Å². The van der Waals surface area contributed by atoms with Crippen molar-refractivity contribution in [1.29, 1.82) is 0 Å². The van der Waals surface area contributed by atoms with Gasteiger partial charge in [-0.1, -0.05) is 0 Å². The summed E-state index contributed by atoms with van der Waals surface area (Å²) in [5, 5.41) is 19.5. The molecule has 0 saturated carbocycles. The first-order valence-corrected chi connectivity index (χ1v) is 5.39. The van der Waals surface area contributed by atoms with Crippen molar-refractivity contribution >= 4 is 23.9 Å². The fraction of sp³-hybridized carbons (Fsp3) is 0.600. The molecule has 0 spiro atoms. The van der Waals surface area contributed by atoms with Crippen LogP contribution in [0.25, 0.3) is 0 Å². The number of carbonyl (C=O) groups excluding carboxylic acids is 3. The number of aliphatic carboxylic acids is 1. The van der Waals surface area contributed by atoms with Gasteiger partial charge in [-0.3, -0.25) is 9.59 Å². The van der Waals surface area contributed by atoms with Gasteiger partial charge >= 0.3 is 23.9 Å². The molecule has 0 rings (SSSR count). The molecule has 0 heterocycles. The number of hydrogen-bond donors (Lipinski definition) is 3. The van der Waals surface area contributed by atoms with E-state index in [0.717, 1.165) is 19.1 Å². The van der Waals surface area contributed by atoms with E-state index in [1.165, 1.54) is 0 Å². The molecule has 0 aliphatic carbocycles. The fourth-order valence-electron chi connectivity index (χ4n) is 1.02. The summed E-state index contributed by atoms with van der Waals surface area (Å²) in [6.07, 6.45) is -1.79. The molecule has 0 radical (unpaired) electrons. The molecule has 1 atom stereocenters. The molecule has 10 nitrogen and oxygen atoms in total. The number of nitrogens with one attached hydrogen (secondary N) is 1. The number of ether oxygens (including phenoxy) is 2. The number of amides is 2. The standard InChI is InChI=1S/C10H16N2O8/c1-19-7(14)4-12(5-8(15)20-2)10(18)11-3-6(13)9(16)17/h6,13H,3-5H2,1-2H3,(H,11,18)(H,16,17). The Kier molecular flexibility index (Phi) is 7.67. The summed E-state index contributed by atoms with van der Waals surface area (Å²) in [4.78, 5) is 45.0. The molecule has 2 amide bonds. The second kappa shape index (κ2) is 8.69. The van der Waals surface area contributed by atoms with Crippen molar-refractivity contribution in [2.75, 3.05) is 33.9 Å². The van der Waals surface area contributed by atoms with Gasteiger partial charge in [-0.25, -0.2) is 9.59 Å². The van der Waals surface area contributed by atoms with Gasteiger partial charge < -0.3 is 29.9 Å². The highest BCUT2D eigenvalue weighted by molar-refractivity contribution is 5.85. The van der Waals surface area contributed by atoms with Crippen LogP contribution in [-0.2, 0) is 23.9 Å². The number of carboxylic acids is 1. The van der Waals surface area contributed by atoms with Crippen LogP contribution in [0, 0.1) is 0 Å². The smallest absolute Gasteiger partial charge is 0.334 e. The van der Waals surface area contributed by atoms with E-state index in [2.05, 4.69) is 14.8 Å². The molecule has 0 aromatic heterocycles. The van der Waals surface area contributed by atoms with Crippen LogP contribution < -0.4 is 5.32 Å². The summed E-state index contributed by atoms with van der Waals surface area (Å²) in [5.41, 5.74) is 0. The van der Waals surface area contributed by atoms with Crippen LogP contribution in [0.4, 0.5) is 4.79 Å². The van der Waals surface area contributed by atoms with Crippen LogP contribution in [0.5, 0.6) is 0 Å². The number of carboxylic acid groups (broad SMARTS) is 1. The lowest BCUT2D eigenvalue weighted by Crippen LogP contribution is -2.48. The number of nitrogens with zero attached hydrogens (tertiary/aromatic N) is 1. The normalized spacial score (nSPS) is 11.2. The Morgan fingerprint density at radius 1 is 1.10 bits per heavy atom. The minimum atomic E-state index is -1.79. The maximum absolute atomic E-state index is 11.7. The molecule has 3 N–H and O–H groups in total. The summed E-state index contributed by atoms with van der Waals surface area (Å²) >= 11 is 0. The molecule has 0 aromatic carbocycles. The Morgan fingerprint density at radius 2 is 1.55 bits per heavy atom. The van der Waals surface area contributed by atoms with Gasteiger partial charge in [0.05, 0.1) is 20.8 Å². The van der Waals surface area contributed by atoms with E-state index in [-0.39, 0.29) is 0 Å². The van der Waals surface area contributed by atoms with E-state index < -0.39 is 49.7 Å². The Morgan fingerprint density at radius 3 is 1.90 bits per heavy atom. The highest BCUT2D eigenvalue weighted by Crippen LogP contribution is 1.94. The molecule has 0 aliphatic heterocycles. The third-order valence-corrected chi connectivity index (χ3v) is 2.11. The average molecular weight is 292 g/mol. The monoisotopic (exact) mass is 292 g/mol. The predicted molar refractivity (Wildman–Crippen MR) is 62.6 cm³/mol. The number of aliphatic hydroxyl groups excluding tert-OH is 1. The van der Waals surface area contributed by atoms with Crippen LogP contribution in [-0.4, -0.2) is 79.0 Å². The molecular weight excluding hydrogens is 276 g/mol. The van der Waals surface area contributed by atoms with E-state index in [9.17, 15) is 19.2 Å². The fourth-order valence-corrected chi connectivity index (χ4v) is 1.02. The van der Waals surface area contributed by atoms with Gasteiger partial charge in [0, 0.05) is 0 Å². The topological polar surface area (TPSA) is 142 Å². The first-order chi connectivity index (χ1) is 9.31. The lowest BCUT2D eigenvalue weighted by Gasteiger charge is -2.21. The van der Waals surface area contributed by atoms with Crippen molar-refractivity contribution in [3.8, 4) is 0 Å². The third kappa shape index (κ3) is 6.54. The van der Waals surface area contributed by atoms with Crippen molar-refractivity contribution in [2.24, 2.45) is 0 Å². The van der Waals surface area contributed by atoms with E-state index in [1.54, 1.807) is 0 Å². The maximum Gasteiger partial charge on any atom is 0.334 e. The summed E-state index contributed by atoms with van der Waals surface area (Å²) in [6, 6.07) is -0.916. The van der Waals surface area contributed by atoms with Crippen LogP contribution in [0.3, 0.4) is 0 Å². The third-order valence-electron chi connectivity index (χ3n) is 2.11. The van der Waals surface area contributed by atoms with Gasteiger partial charge in [0.2, 0.25) is 0 Å². The highest BCUT2D eigenvalue weighted by Gasteiger charge is 2.22. The Bertz CT molecular complexity index is 365. The maximum atomic E-state index is 11.7. The summed E-state index contributed by atoms with van der Waals surface area (Å²) < 4.78 is 8.71. The zero-order chi connectivity index (χ0) is 15.7. The molecule has 0 saturated heterocycles. The molecule has 1 unspecified atom stereocenters. The molecule has 0 aliphatic rings. The minimum absolute atomic E-state index is 0.527. The number of rotatable bonds is 7. The number of esters is 2. The van der Waals surface area contributed by atoms with Gasteiger partial charge in [-0.2, -0.15) is 0 Å². The molecule has 0 bridgehead atoms. The van der Waals surface area contributed by atoms with Gasteiger partial charge in [-0.15, -0.1) is 0 Å². The first-order valence-electron chi connectivity index (χ1n) is 5.39. The second-order valence-corrected chi connectivity index (χ2v) is 3.55. The molecule has 0 aromatic rings. The summed E-state index contributed by atoms with van der Waals surface area (Å²) in [5.74, 6) is -3.07.